The Labute approximate surface area is 176 Å². The van der Waals surface area contributed by atoms with E-state index in [1.807, 2.05) is 12.1 Å². The highest BCUT2D eigenvalue weighted by molar-refractivity contribution is 6.30. The second kappa shape index (κ2) is 9.88. The van der Waals surface area contributed by atoms with Crippen LogP contribution in [0.1, 0.15) is 49.0 Å². The van der Waals surface area contributed by atoms with Crippen molar-refractivity contribution in [2.24, 2.45) is 5.92 Å². The molecule has 1 amide bonds. The summed E-state index contributed by atoms with van der Waals surface area (Å²) in [7, 11) is 0. The van der Waals surface area contributed by atoms with Crippen molar-refractivity contribution in [1.82, 2.24) is 9.88 Å². The van der Waals surface area contributed by atoms with Gasteiger partial charge in [0.25, 0.3) is 5.91 Å². The van der Waals surface area contributed by atoms with Crippen molar-refractivity contribution >= 4 is 23.6 Å². The average Bonchev–Trinajstić information content (AvgIpc) is 3.18. The van der Waals surface area contributed by atoms with Crippen LogP contribution in [0.5, 0.6) is 5.75 Å². The fourth-order valence-electron chi connectivity index (χ4n) is 3.18. The lowest BCUT2D eigenvalue weighted by Gasteiger charge is -2.18. The Morgan fingerprint density at radius 3 is 2.90 bits per heavy atom. The maximum Gasteiger partial charge on any atom is 0.253 e. The van der Waals surface area contributed by atoms with Gasteiger partial charge in [0.2, 0.25) is 0 Å². The number of carbonyl (C=O) groups is 1. The lowest BCUT2D eigenvalue weighted by atomic mass is 10.0. The molecule has 3 rings (SSSR count). The highest BCUT2D eigenvalue weighted by Gasteiger charge is 2.29. The summed E-state index contributed by atoms with van der Waals surface area (Å²) in [5.41, 5.74) is 1.41. The second-order valence-corrected chi connectivity index (χ2v) is 7.85. The van der Waals surface area contributed by atoms with Gasteiger partial charge in [-0.25, -0.2) is 9.37 Å². The van der Waals surface area contributed by atoms with E-state index in [4.69, 9.17) is 16.3 Å². The summed E-state index contributed by atoms with van der Waals surface area (Å²) < 4.78 is 19.1. The molecule has 0 unspecified atom stereocenters. The summed E-state index contributed by atoms with van der Waals surface area (Å²) in [5, 5.41) is 0.312. The zero-order chi connectivity index (χ0) is 20.8. The van der Waals surface area contributed by atoms with Gasteiger partial charge in [-0.05, 0) is 48.2 Å². The number of likely N-dealkylation sites (tertiary alicyclic amines) is 1. The lowest BCUT2D eigenvalue weighted by molar-refractivity contribution is 0.0772. The molecule has 29 heavy (non-hydrogen) atoms. The fourth-order valence-corrected chi connectivity index (χ4v) is 3.33. The highest BCUT2D eigenvalue weighted by atomic mass is 35.5. The predicted octanol–water partition coefficient (Wildman–Crippen LogP) is 5.62. The minimum Gasteiger partial charge on any atom is -0.485 e. The number of allylic oxidation sites excluding steroid dienone is 1. The van der Waals surface area contributed by atoms with Crippen LogP contribution < -0.4 is 4.74 Å². The van der Waals surface area contributed by atoms with E-state index in [0.29, 0.717) is 41.9 Å². The fraction of sp³-hybridized carbons (Fsp3) is 0.391. The SMILES string of the molecule is CC[C@@H](C)C/C=C/c1cnc(Cl)c(O[C@H]2CCN(C(=O)c3ccc(F)cc3)C2)c1. The monoisotopic (exact) mass is 416 g/mol. The van der Waals surface area contributed by atoms with Crippen LogP contribution in [0.2, 0.25) is 5.15 Å². The average molecular weight is 417 g/mol. The quantitative estimate of drug-likeness (QED) is 0.550. The summed E-state index contributed by atoms with van der Waals surface area (Å²) in [6.45, 7) is 5.44. The van der Waals surface area contributed by atoms with Gasteiger partial charge >= 0.3 is 0 Å². The Kier molecular flexibility index (Phi) is 7.26. The zero-order valence-electron chi connectivity index (χ0n) is 16.8. The summed E-state index contributed by atoms with van der Waals surface area (Å²) in [6, 6.07) is 7.47. The molecule has 154 valence electrons. The molecule has 0 aliphatic carbocycles. The van der Waals surface area contributed by atoms with Crippen LogP contribution in [0, 0.1) is 11.7 Å². The van der Waals surface area contributed by atoms with Gasteiger partial charge in [0.15, 0.2) is 10.9 Å². The molecule has 2 heterocycles. The summed E-state index contributed by atoms with van der Waals surface area (Å²) >= 11 is 6.21. The Morgan fingerprint density at radius 1 is 1.41 bits per heavy atom. The number of amides is 1. The van der Waals surface area contributed by atoms with E-state index in [9.17, 15) is 9.18 Å². The van der Waals surface area contributed by atoms with Crippen LogP contribution in [0.25, 0.3) is 6.08 Å². The number of carbonyl (C=O) groups excluding carboxylic acids is 1. The normalized spacial score (nSPS) is 17.7. The van der Waals surface area contributed by atoms with Gasteiger partial charge in [-0.2, -0.15) is 0 Å². The minimum atomic E-state index is -0.357. The van der Waals surface area contributed by atoms with Gasteiger partial charge in [0.1, 0.15) is 11.9 Å². The largest absolute Gasteiger partial charge is 0.485 e. The molecule has 2 atom stereocenters. The molecule has 1 aliphatic rings. The van der Waals surface area contributed by atoms with Crippen LogP contribution in [-0.4, -0.2) is 35.0 Å². The summed E-state index contributed by atoms with van der Waals surface area (Å²) in [6.07, 6.45) is 8.60. The molecule has 0 radical (unpaired) electrons. The second-order valence-electron chi connectivity index (χ2n) is 7.50. The van der Waals surface area contributed by atoms with Crippen LogP contribution in [-0.2, 0) is 0 Å². The Morgan fingerprint density at radius 2 is 2.17 bits per heavy atom. The van der Waals surface area contributed by atoms with Crippen molar-refractivity contribution in [3.05, 3.63) is 64.7 Å². The van der Waals surface area contributed by atoms with Crippen LogP contribution in [0.4, 0.5) is 4.39 Å². The van der Waals surface area contributed by atoms with Crippen molar-refractivity contribution in [1.29, 1.82) is 0 Å². The van der Waals surface area contributed by atoms with E-state index in [0.717, 1.165) is 18.4 Å². The zero-order valence-corrected chi connectivity index (χ0v) is 17.5. The standard InChI is InChI=1S/C23H26ClFN2O2/c1-3-16(2)5-4-6-17-13-21(22(24)26-14-17)29-20-11-12-27(15-20)23(28)18-7-9-19(25)10-8-18/h4,6-10,13-14,16,20H,3,5,11-12,15H2,1-2H3/b6-4+/t16-,20+/m1/s1. The van der Waals surface area contributed by atoms with E-state index in [2.05, 4.69) is 24.9 Å². The maximum atomic E-state index is 13.1. The number of pyridine rings is 1. The molecule has 1 aromatic heterocycles. The number of nitrogens with zero attached hydrogens (tertiary/aromatic N) is 2. The molecule has 0 spiro atoms. The number of hydrogen-bond donors (Lipinski definition) is 0. The van der Waals surface area contributed by atoms with Crippen molar-refractivity contribution in [2.75, 3.05) is 13.1 Å². The van der Waals surface area contributed by atoms with Gasteiger partial charge in [-0.15, -0.1) is 0 Å². The van der Waals surface area contributed by atoms with Crippen molar-refractivity contribution in [2.45, 2.75) is 39.2 Å². The Balaban J connectivity index is 1.61. The molecule has 1 saturated heterocycles. The molecule has 1 aliphatic heterocycles. The lowest BCUT2D eigenvalue weighted by Crippen LogP contribution is -2.31. The van der Waals surface area contributed by atoms with E-state index in [1.165, 1.54) is 24.3 Å². The Bertz CT molecular complexity index is 870. The van der Waals surface area contributed by atoms with Crippen LogP contribution >= 0.6 is 11.6 Å². The third-order valence-corrected chi connectivity index (χ3v) is 5.47. The molecule has 0 N–H and O–H groups in total. The van der Waals surface area contributed by atoms with Crippen molar-refractivity contribution in [3.8, 4) is 5.75 Å². The molecular formula is C23H26ClFN2O2. The topological polar surface area (TPSA) is 42.4 Å². The predicted molar refractivity (Wildman–Crippen MR) is 114 cm³/mol. The number of ether oxygens (including phenoxy) is 1. The molecule has 4 nitrogen and oxygen atoms in total. The third kappa shape index (κ3) is 5.80. The van der Waals surface area contributed by atoms with Crippen molar-refractivity contribution < 1.29 is 13.9 Å². The maximum absolute atomic E-state index is 13.1. The molecule has 6 heteroatoms. The summed E-state index contributed by atoms with van der Waals surface area (Å²) in [4.78, 5) is 18.5. The summed E-state index contributed by atoms with van der Waals surface area (Å²) in [5.74, 6) is 0.690. The molecule has 1 fully saturated rings. The third-order valence-electron chi connectivity index (χ3n) is 5.19. The van der Waals surface area contributed by atoms with Crippen LogP contribution in [0.3, 0.4) is 0 Å². The van der Waals surface area contributed by atoms with Gasteiger partial charge in [-0.3, -0.25) is 4.79 Å². The molecule has 2 aromatic rings. The number of hydrogen-bond acceptors (Lipinski definition) is 3. The first-order valence-corrected chi connectivity index (χ1v) is 10.4. The van der Waals surface area contributed by atoms with Gasteiger partial charge in [0.05, 0.1) is 6.54 Å². The number of halogens is 2. The first kappa shape index (κ1) is 21.3. The molecule has 1 aromatic carbocycles. The first-order chi connectivity index (χ1) is 14.0. The minimum absolute atomic E-state index is 0.123. The molecule has 0 bridgehead atoms. The smallest absolute Gasteiger partial charge is 0.253 e. The molecular weight excluding hydrogens is 391 g/mol. The molecule has 0 saturated carbocycles. The van der Waals surface area contributed by atoms with Gasteiger partial charge < -0.3 is 9.64 Å². The van der Waals surface area contributed by atoms with Crippen LogP contribution in [0.15, 0.2) is 42.6 Å². The van der Waals surface area contributed by atoms with Gasteiger partial charge in [0, 0.05) is 24.7 Å². The van der Waals surface area contributed by atoms with Crippen molar-refractivity contribution in [3.63, 3.8) is 0 Å². The number of aromatic nitrogens is 1. The number of benzene rings is 1. The van der Waals surface area contributed by atoms with E-state index in [1.54, 1.807) is 11.1 Å². The highest BCUT2D eigenvalue weighted by Crippen LogP contribution is 2.27. The van der Waals surface area contributed by atoms with E-state index in [-0.39, 0.29) is 17.8 Å². The first-order valence-electron chi connectivity index (χ1n) is 9.99. The van der Waals surface area contributed by atoms with E-state index >= 15 is 0 Å². The Hall–Kier alpha value is -2.40. The number of rotatable bonds is 7. The van der Waals surface area contributed by atoms with E-state index < -0.39 is 0 Å². The van der Waals surface area contributed by atoms with Gasteiger partial charge in [-0.1, -0.05) is 44.0 Å².